The first kappa shape index (κ1) is 16.2. The lowest BCUT2D eigenvalue weighted by atomic mass is 10.1. The van der Waals surface area contributed by atoms with Crippen molar-refractivity contribution in [3.05, 3.63) is 29.8 Å². The van der Waals surface area contributed by atoms with Gasteiger partial charge in [0.05, 0.1) is 20.2 Å². The van der Waals surface area contributed by atoms with Crippen LogP contribution >= 0.6 is 0 Å². The van der Waals surface area contributed by atoms with Crippen molar-refractivity contribution in [1.29, 1.82) is 0 Å². The highest BCUT2D eigenvalue weighted by molar-refractivity contribution is 5.97. The summed E-state index contributed by atoms with van der Waals surface area (Å²) in [6.45, 7) is 5.01. The summed E-state index contributed by atoms with van der Waals surface area (Å²) in [4.78, 5) is 25.0. The number of carbonyl (C=O) groups is 2. The monoisotopic (exact) mass is 278 g/mol. The number of nitrogens with zero attached hydrogens (tertiary/aromatic N) is 1. The molecule has 0 bridgehead atoms. The lowest BCUT2D eigenvalue weighted by molar-refractivity contribution is -0.119. The quantitative estimate of drug-likeness (QED) is 0.728. The average molecular weight is 278 g/mol. The Balaban J connectivity index is 2.70. The molecule has 1 amide bonds. The first-order chi connectivity index (χ1) is 9.42. The molecule has 0 heterocycles. The van der Waals surface area contributed by atoms with E-state index >= 15 is 0 Å². The number of primary amides is 1. The molecule has 20 heavy (non-hydrogen) atoms. The van der Waals surface area contributed by atoms with Gasteiger partial charge < -0.3 is 10.5 Å². The smallest absolute Gasteiger partial charge is 0.231 e. The van der Waals surface area contributed by atoms with E-state index in [1.165, 1.54) is 0 Å². The Morgan fingerprint density at radius 1 is 1.20 bits per heavy atom. The van der Waals surface area contributed by atoms with Crippen LogP contribution in [0.25, 0.3) is 0 Å². The predicted octanol–water partition coefficient (Wildman–Crippen LogP) is 1.32. The zero-order chi connectivity index (χ0) is 15.1. The number of benzene rings is 1. The normalized spacial score (nSPS) is 10.8. The zero-order valence-electron chi connectivity index (χ0n) is 12.3. The second kappa shape index (κ2) is 7.65. The van der Waals surface area contributed by atoms with Gasteiger partial charge >= 0.3 is 0 Å². The SMILES string of the molecule is COc1ccc(C(=O)CN(CC(N)=O)CC(C)C)cc1. The number of amides is 1. The molecule has 1 rings (SSSR count). The van der Waals surface area contributed by atoms with Crippen LogP contribution in [0.15, 0.2) is 24.3 Å². The van der Waals surface area contributed by atoms with Crippen LogP contribution in [-0.4, -0.2) is 43.3 Å². The van der Waals surface area contributed by atoms with Crippen molar-refractivity contribution >= 4 is 11.7 Å². The largest absolute Gasteiger partial charge is 0.497 e. The summed E-state index contributed by atoms with van der Waals surface area (Å²) >= 11 is 0. The van der Waals surface area contributed by atoms with Crippen molar-refractivity contribution in [3.8, 4) is 5.75 Å². The van der Waals surface area contributed by atoms with Gasteiger partial charge in [0.1, 0.15) is 5.75 Å². The fraction of sp³-hybridized carbons (Fsp3) is 0.467. The number of Topliss-reactive ketones (excluding diaryl/α,β-unsaturated/α-hetero) is 1. The number of hydrogen-bond donors (Lipinski definition) is 1. The molecule has 5 heteroatoms. The first-order valence-electron chi connectivity index (χ1n) is 6.60. The Morgan fingerprint density at radius 2 is 1.80 bits per heavy atom. The third-order valence-corrected chi connectivity index (χ3v) is 2.78. The molecule has 0 aliphatic carbocycles. The number of carbonyl (C=O) groups excluding carboxylic acids is 2. The molecule has 2 N–H and O–H groups in total. The van der Waals surface area contributed by atoms with E-state index < -0.39 is 5.91 Å². The Kier molecular flexibility index (Phi) is 6.18. The molecule has 0 saturated carbocycles. The second-order valence-electron chi connectivity index (χ2n) is 5.18. The summed E-state index contributed by atoms with van der Waals surface area (Å²) in [6.07, 6.45) is 0. The van der Waals surface area contributed by atoms with Crippen LogP contribution in [0.3, 0.4) is 0 Å². The molecule has 0 saturated heterocycles. The van der Waals surface area contributed by atoms with E-state index in [1.807, 2.05) is 13.8 Å². The summed E-state index contributed by atoms with van der Waals surface area (Å²) in [5, 5.41) is 0. The Morgan fingerprint density at radius 3 is 2.25 bits per heavy atom. The van der Waals surface area contributed by atoms with Crippen LogP contribution in [0.5, 0.6) is 5.75 Å². The molecule has 0 aliphatic heterocycles. The van der Waals surface area contributed by atoms with Crippen molar-refractivity contribution in [3.63, 3.8) is 0 Å². The van der Waals surface area contributed by atoms with Gasteiger partial charge in [0.25, 0.3) is 0 Å². The van der Waals surface area contributed by atoms with Crippen molar-refractivity contribution in [2.75, 3.05) is 26.7 Å². The highest BCUT2D eigenvalue weighted by Crippen LogP contribution is 2.12. The summed E-state index contributed by atoms with van der Waals surface area (Å²) < 4.78 is 5.05. The fourth-order valence-corrected chi connectivity index (χ4v) is 1.99. The van der Waals surface area contributed by atoms with E-state index in [-0.39, 0.29) is 18.9 Å². The van der Waals surface area contributed by atoms with Crippen LogP contribution in [-0.2, 0) is 4.79 Å². The molecule has 0 unspecified atom stereocenters. The molecule has 5 nitrogen and oxygen atoms in total. The topological polar surface area (TPSA) is 72.6 Å². The van der Waals surface area contributed by atoms with Gasteiger partial charge in [-0.05, 0) is 30.2 Å². The predicted molar refractivity (Wildman–Crippen MR) is 77.8 cm³/mol. The molecule has 0 aliphatic rings. The minimum Gasteiger partial charge on any atom is -0.497 e. The molecule has 0 atom stereocenters. The van der Waals surface area contributed by atoms with Crippen molar-refractivity contribution in [1.82, 2.24) is 4.90 Å². The number of ether oxygens (including phenoxy) is 1. The Bertz CT molecular complexity index is 455. The number of methoxy groups -OCH3 is 1. The molecular formula is C15H22N2O3. The third-order valence-electron chi connectivity index (χ3n) is 2.78. The van der Waals surface area contributed by atoms with Gasteiger partial charge in [-0.1, -0.05) is 13.8 Å². The summed E-state index contributed by atoms with van der Waals surface area (Å²) in [7, 11) is 1.58. The van der Waals surface area contributed by atoms with Gasteiger partial charge in [-0.15, -0.1) is 0 Å². The summed E-state index contributed by atoms with van der Waals surface area (Å²) in [5.74, 6) is 0.610. The van der Waals surface area contributed by atoms with E-state index in [4.69, 9.17) is 10.5 Å². The van der Waals surface area contributed by atoms with Gasteiger partial charge in [-0.25, -0.2) is 0 Å². The number of rotatable bonds is 8. The first-order valence-corrected chi connectivity index (χ1v) is 6.60. The third kappa shape index (κ3) is 5.40. The van der Waals surface area contributed by atoms with E-state index in [1.54, 1.807) is 36.3 Å². The lowest BCUT2D eigenvalue weighted by Gasteiger charge is -2.21. The summed E-state index contributed by atoms with van der Waals surface area (Å²) in [6, 6.07) is 6.93. The van der Waals surface area contributed by atoms with Gasteiger partial charge in [0.15, 0.2) is 5.78 Å². The number of hydrogen-bond acceptors (Lipinski definition) is 4. The van der Waals surface area contributed by atoms with Crippen LogP contribution in [0.2, 0.25) is 0 Å². The lowest BCUT2D eigenvalue weighted by Crippen LogP contribution is -2.39. The van der Waals surface area contributed by atoms with E-state index in [2.05, 4.69) is 0 Å². The highest BCUT2D eigenvalue weighted by atomic mass is 16.5. The second-order valence-corrected chi connectivity index (χ2v) is 5.18. The minimum atomic E-state index is -0.423. The Hall–Kier alpha value is -1.88. The molecule has 1 aromatic carbocycles. The summed E-state index contributed by atoms with van der Waals surface area (Å²) in [5.41, 5.74) is 5.81. The van der Waals surface area contributed by atoms with Crippen molar-refractivity contribution in [2.24, 2.45) is 11.7 Å². The molecular weight excluding hydrogens is 256 g/mol. The number of ketones is 1. The van der Waals surface area contributed by atoms with Crippen molar-refractivity contribution in [2.45, 2.75) is 13.8 Å². The maximum atomic E-state index is 12.2. The zero-order valence-corrected chi connectivity index (χ0v) is 12.3. The van der Waals surface area contributed by atoms with Crippen LogP contribution in [0.1, 0.15) is 24.2 Å². The standard InChI is InChI=1S/C15H22N2O3/c1-11(2)8-17(10-15(16)19)9-14(18)12-4-6-13(20-3)7-5-12/h4-7,11H,8-10H2,1-3H3,(H2,16,19). The Labute approximate surface area is 119 Å². The molecule has 0 spiro atoms. The molecule has 0 fully saturated rings. The van der Waals surface area contributed by atoms with Gasteiger partial charge in [0, 0.05) is 12.1 Å². The van der Waals surface area contributed by atoms with Crippen molar-refractivity contribution < 1.29 is 14.3 Å². The molecule has 1 aromatic rings. The van der Waals surface area contributed by atoms with Gasteiger partial charge in [-0.2, -0.15) is 0 Å². The van der Waals surface area contributed by atoms with Crippen LogP contribution < -0.4 is 10.5 Å². The maximum Gasteiger partial charge on any atom is 0.231 e. The maximum absolute atomic E-state index is 12.2. The fourth-order valence-electron chi connectivity index (χ4n) is 1.99. The number of nitrogens with two attached hydrogens (primary N) is 1. The minimum absolute atomic E-state index is 0.0328. The average Bonchev–Trinajstić information content (AvgIpc) is 2.37. The molecule has 110 valence electrons. The van der Waals surface area contributed by atoms with Crippen LogP contribution in [0.4, 0.5) is 0 Å². The van der Waals surface area contributed by atoms with E-state index in [0.29, 0.717) is 23.8 Å². The molecule has 0 radical (unpaired) electrons. The van der Waals surface area contributed by atoms with Gasteiger partial charge in [-0.3, -0.25) is 14.5 Å². The van der Waals surface area contributed by atoms with E-state index in [9.17, 15) is 9.59 Å². The molecule has 0 aromatic heterocycles. The van der Waals surface area contributed by atoms with E-state index in [0.717, 1.165) is 0 Å². The van der Waals surface area contributed by atoms with Crippen LogP contribution in [0, 0.1) is 5.92 Å². The highest BCUT2D eigenvalue weighted by Gasteiger charge is 2.15. The van der Waals surface area contributed by atoms with Gasteiger partial charge in [0.2, 0.25) is 5.91 Å².